The second-order valence-corrected chi connectivity index (χ2v) is 6.00. The molecule has 136 valence electrons. The Bertz CT molecular complexity index is 672. The number of carbonyl (C=O) groups excluding carboxylic acids is 2. The minimum Gasteiger partial charge on any atom is -0.496 e. The van der Waals surface area contributed by atoms with E-state index in [-0.39, 0.29) is 29.9 Å². The van der Waals surface area contributed by atoms with Crippen molar-refractivity contribution in [3.05, 3.63) is 29.3 Å². The van der Waals surface area contributed by atoms with Crippen molar-refractivity contribution in [1.82, 2.24) is 4.90 Å². The summed E-state index contributed by atoms with van der Waals surface area (Å²) in [5, 5.41) is 9.28. The molecule has 1 aliphatic heterocycles. The molecule has 0 aliphatic carbocycles. The van der Waals surface area contributed by atoms with Gasteiger partial charge in [0.2, 0.25) is 5.91 Å². The van der Waals surface area contributed by atoms with Crippen LogP contribution in [-0.2, 0) is 16.0 Å². The summed E-state index contributed by atoms with van der Waals surface area (Å²) in [4.78, 5) is 37.2. The lowest BCUT2D eigenvalue weighted by Crippen LogP contribution is -2.42. The summed E-state index contributed by atoms with van der Waals surface area (Å²) in [7, 11) is 1.41. The first kappa shape index (κ1) is 18.8. The molecule has 7 nitrogen and oxygen atoms in total. The molecule has 0 aromatic heterocycles. The zero-order chi connectivity index (χ0) is 18.6. The number of imide groups is 1. The molecule has 1 aliphatic rings. The van der Waals surface area contributed by atoms with Crippen LogP contribution < -0.4 is 4.74 Å². The van der Waals surface area contributed by atoms with E-state index in [1.54, 1.807) is 12.1 Å². The summed E-state index contributed by atoms with van der Waals surface area (Å²) in [6.45, 7) is 3.99. The van der Waals surface area contributed by atoms with Crippen LogP contribution in [0.15, 0.2) is 18.2 Å². The minimum absolute atomic E-state index is 0.0503. The molecule has 1 heterocycles. The van der Waals surface area contributed by atoms with Crippen molar-refractivity contribution < 1.29 is 29.0 Å². The maximum absolute atomic E-state index is 12.8. The molecule has 0 bridgehead atoms. The Kier molecular flexibility index (Phi) is 6.01. The summed E-state index contributed by atoms with van der Waals surface area (Å²) in [5.41, 5.74) is 0.758. The topological polar surface area (TPSA) is 93.1 Å². The smallest absolute Gasteiger partial charge is 0.416 e. The fourth-order valence-electron chi connectivity index (χ4n) is 2.97. The maximum Gasteiger partial charge on any atom is 0.416 e. The Morgan fingerprint density at radius 3 is 2.68 bits per heavy atom. The molecule has 0 spiro atoms. The highest BCUT2D eigenvalue weighted by Gasteiger charge is 2.39. The number of nitrogens with zero attached hydrogens (tertiary/aromatic N) is 1. The predicted octanol–water partition coefficient (Wildman–Crippen LogP) is 2.72. The van der Waals surface area contributed by atoms with Gasteiger partial charge >= 0.3 is 12.1 Å². The molecule has 7 heteroatoms. The number of carboxylic acid groups (broad SMARTS) is 1. The first-order valence-electron chi connectivity index (χ1n) is 8.32. The Balaban J connectivity index is 2.22. The van der Waals surface area contributed by atoms with Gasteiger partial charge in [0.05, 0.1) is 13.2 Å². The summed E-state index contributed by atoms with van der Waals surface area (Å²) < 4.78 is 10.0. The summed E-state index contributed by atoms with van der Waals surface area (Å²) >= 11 is 0. The maximum atomic E-state index is 12.8. The monoisotopic (exact) mass is 349 g/mol. The van der Waals surface area contributed by atoms with Crippen LogP contribution in [0.3, 0.4) is 0 Å². The number of carboxylic acids is 1. The molecule has 1 N–H and O–H groups in total. The second kappa shape index (κ2) is 8.00. The van der Waals surface area contributed by atoms with Gasteiger partial charge in [-0.3, -0.25) is 4.79 Å². The molecular formula is C18H23NO6. The summed E-state index contributed by atoms with van der Waals surface area (Å²) in [5.74, 6) is -1.52. The molecule has 25 heavy (non-hydrogen) atoms. The predicted molar refractivity (Wildman–Crippen MR) is 89.7 cm³/mol. The van der Waals surface area contributed by atoms with Crippen molar-refractivity contribution >= 4 is 18.0 Å². The molecule has 0 unspecified atom stereocenters. The highest BCUT2D eigenvalue weighted by atomic mass is 16.6. The van der Waals surface area contributed by atoms with Gasteiger partial charge < -0.3 is 14.6 Å². The Morgan fingerprint density at radius 2 is 2.12 bits per heavy atom. The average Bonchev–Trinajstić information content (AvgIpc) is 2.99. The number of amides is 2. The van der Waals surface area contributed by atoms with Gasteiger partial charge in [-0.2, -0.15) is 0 Å². The van der Waals surface area contributed by atoms with E-state index < -0.39 is 18.0 Å². The molecule has 1 aromatic carbocycles. The second-order valence-electron chi connectivity index (χ2n) is 6.00. The van der Waals surface area contributed by atoms with Crippen molar-refractivity contribution in [1.29, 1.82) is 0 Å². The number of cyclic esters (lactones) is 1. The molecule has 2 rings (SSSR count). The molecular weight excluding hydrogens is 326 g/mol. The number of aromatic carboxylic acids is 1. The highest BCUT2D eigenvalue weighted by Crippen LogP contribution is 2.25. The molecule has 2 amide bonds. The number of rotatable bonds is 7. The van der Waals surface area contributed by atoms with Crippen LogP contribution >= 0.6 is 0 Å². The molecule has 1 fully saturated rings. The Morgan fingerprint density at radius 1 is 1.40 bits per heavy atom. The Labute approximate surface area is 146 Å². The Hall–Kier alpha value is -2.57. The number of benzene rings is 1. The van der Waals surface area contributed by atoms with Gasteiger partial charge in [0.1, 0.15) is 17.9 Å². The third-order valence-electron chi connectivity index (χ3n) is 4.49. The molecule has 0 saturated carbocycles. The number of hydrogen-bond donors (Lipinski definition) is 1. The minimum atomic E-state index is -1.09. The first-order valence-corrected chi connectivity index (χ1v) is 8.32. The van der Waals surface area contributed by atoms with E-state index >= 15 is 0 Å². The summed E-state index contributed by atoms with van der Waals surface area (Å²) in [6.07, 6.45) is 0.920. The fourth-order valence-corrected chi connectivity index (χ4v) is 2.97. The molecule has 0 radical (unpaired) electrons. The van der Waals surface area contributed by atoms with Gasteiger partial charge in [0.25, 0.3) is 0 Å². The van der Waals surface area contributed by atoms with E-state index in [1.165, 1.54) is 18.1 Å². The van der Waals surface area contributed by atoms with Crippen LogP contribution in [0.1, 0.15) is 42.6 Å². The van der Waals surface area contributed by atoms with E-state index in [2.05, 4.69) is 0 Å². The highest BCUT2D eigenvalue weighted by molar-refractivity contribution is 5.95. The van der Waals surface area contributed by atoms with Crippen LogP contribution in [0.25, 0.3) is 0 Å². The first-order chi connectivity index (χ1) is 11.9. The SMILES string of the molecule is CC[C@@H](Cc1ccc(OC)c(C(=O)O)c1)C(=O)N1C(=O)OC[C@@H]1CC. The third kappa shape index (κ3) is 3.92. The molecule has 2 atom stereocenters. The quantitative estimate of drug-likeness (QED) is 0.813. The van der Waals surface area contributed by atoms with Gasteiger partial charge in [-0.25, -0.2) is 14.5 Å². The van der Waals surface area contributed by atoms with E-state index in [4.69, 9.17) is 9.47 Å². The van der Waals surface area contributed by atoms with E-state index in [9.17, 15) is 19.5 Å². The zero-order valence-electron chi connectivity index (χ0n) is 14.7. The van der Waals surface area contributed by atoms with Gasteiger partial charge in [0, 0.05) is 5.92 Å². The lowest BCUT2D eigenvalue weighted by atomic mass is 9.93. The average molecular weight is 349 g/mol. The zero-order valence-corrected chi connectivity index (χ0v) is 14.7. The van der Waals surface area contributed by atoms with Gasteiger partial charge in [-0.05, 0) is 37.0 Å². The van der Waals surface area contributed by atoms with Gasteiger partial charge in [0.15, 0.2) is 0 Å². The third-order valence-corrected chi connectivity index (χ3v) is 4.49. The van der Waals surface area contributed by atoms with E-state index in [0.717, 1.165) is 0 Å². The normalized spacial score (nSPS) is 18.0. The van der Waals surface area contributed by atoms with Gasteiger partial charge in [-0.1, -0.05) is 19.9 Å². The van der Waals surface area contributed by atoms with Crippen molar-refractivity contribution in [3.8, 4) is 5.75 Å². The van der Waals surface area contributed by atoms with Crippen molar-refractivity contribution in [2.45, 2.75) is 39.2 Å². The van der Waals surface area contributed by atoms with Crippen molar-refractivity contribution in [2.24, 2.45) is 5.92 Å². The van der Waals surface area contributed by atoms with E-state index in [0.29, 0.717) is 24.8 Å². The van der Waals surface area contributed by atoms with Crippen LogP contribution in [0.4, 0.5) is 4.79 Å². The van der Waals surface area contributed by atoms with Gasteiger partial charge in [-0.15, -0.1) is 0 Å². The van der Waals surface area contributed by atoms with E-state index in [1.807, 2.05) is 13.8 Å². The van der Waals surface area contributed by atoms with Crippen LogP contribution in [0, 0.1) is 5.92 Å². The standard InChI is InChI=1S/C18H23NO6/c1-4-12(16(20)19-13(5-2)10-25-18(19)23)8-11-6-7-15(24-3)14(9-11)17(21)22/h6-7,9,12-13H,4-5,8,10H2,1-3H3,(H,21,22)/t12-,13-/m0/s1. The number of carbonyl (C=O) groups is 3. The van der Waals surface area contributed by atoms with Crippen LogP contribution in [0.5, 0.6) is 5.75 Å². The lowest BCUT2D eigenvalue weighted by Gasteiger charge is -2.23. The molecule has 1 saturated heterocycles. The fraction of sp³-hybridized carbons (Fsp3) is 0.500. The van der Waals surface area contributed by atoms with Crippen molar-refractivity contribution in [3.63, 3.8) is 0 Å². The summed E-state index contributed by atoms with van der Waals surface area (Å²) in [6, 6.07) is 4.59. The molecule has 1 aromatic rings. The largest absolute Gasteiger partial charge is 0.496 e. The van der Waals surface area contributed by atoms with Crippen LogP contribution in [0.2, 0.25) is 0 Å². The lowest BCUT2D eigenvalue weighted by molar-refractivity contribution is -0.133. The van der Waals surface area contributed by atoms with Crippen LogP contribution in [-0.4, -0.2) is 47.7 Å². The number of ether oxygens (including phenoxy) is 2. The number of hydrogen-bond acceptors (Lipinski definition) is 5. The number of methoxy groups -OCH3 is 1. The van der Waals surface area contributed by atoms with Crippen molar-refractivity contribution in [2.75, 3.05) is 13.7 Å².